The van der Waals surface area contributed by atoms with E-state index in [1.165, 1.54) is 7.11 Å². The van der Waals surface area contributed by atoms with Crippen molar-refractivity contribution in [3.63, 3.8) is 0 Å². The van der Waals surface area contributed by atoms with E-state index in [4.69, 9.17) is 20.8 Å². The number of piperidine rings is 1. The normalized spacial score (nSPS) is 16.2. The number of esters is 1. The smallest absolute Gasteiger partial charge is 0.339 e. The maximum absolute atomic E-state index is 13.5. The molecule has 9 heteroatoms. The Morgan fingerprint density at radius 3 is 2.44 bits per heavy atom. The Labute approximate surface area is 255 Å². The van der Waals surface area contributed by atoms with Gasteiger partial charge in [-0.1, -0.05) is 25.4 Å². The molecule has 1 aromatic heterocycles. The van der Waals surface area contributed by atoms with Gasteiger partial charge in [0.2, 0.25) is 5.89 Å². The van der Waals surface area contributed by atoms with Crippen LogP contribution in [-0.4, -0.2) is 55.0 Å². The van der Waals surface area contributed by atoms with Crippen molar-refractivity contribution in [2.24, 2.45) is 5.41 Å². The highest BCUT2D eigenvalue weighted by atomic mass is 35.5. The Morgan fingerprint density at radius 1 is 1.05 bits per heavy atom. The third-order valence-electron chi connectivity index (χ3n) is 8.90. The fraction of sp³-hybridized carbons (Fsp3) is 0.353. The minimum absolute atomic E-state index is 0.0204. The Kier molecular flexibility index (Phi) is 7.61. The van der Waals surface area contributed by atoms with Crippen LogP contribution in [0.25, 0.3) is 22.6 Å². The van der Waals surface area contributed by atoms with Gasteiger partial charge in [-0.2, -0.15) is 5.26 Å². The molecular formula is C34H33ClN4O4. The quantitative estimate of drug-likeness (QED) is 0.227. The van der Waals surface area contributed by atoms with Gasteiger partial charge in [-0.3, -0.25) is 4.79 Å². The number of methoxy groups -OCH3 is 1. The first kappa shape index (κ1) is 28.8. The molecule has 4 aromatic rings. The SMILES string of the molecule is COC(=O)c1ccc(Cl)cc1N1CCC2(CCN(C(=O)c3ccc(-c4nc5cc(C#N)cc(C(C)C)c5o4)cc3)C2)CC1. The minimum atomic E-state index is -0.375. The van der Waals surface area contributed by atoms with Crippen LogP contribution in [0, 0.1) is 16.7 Å². The van der Waals surface area contributed by atoms with Crippen LogP contribution in [0.15, 0.2) is 59.0 Å². The molecule has 2 saturated heterocycles. The summed E-state index contributed by atoms with van der Waals surface area (Å²) in [5, 5.41) is 10.00. The molecule has 0 unspecified atom stereocenters. The van der Waals surface area contributed by atoms with Crippen molar-refractivity contribution < 1.29 is 18.7 Å². The molecule has 0 aliphatic carbocycles. The van der Waals surface area contributed by atoms with Crippen LogP contribution in [0.2, 0.25) is 5.02 Å². The van der Waals surface area contributed by atoms with Crippen molar-refractivity contribution in [3.8, 4) is 17.5 Å². The van der Waals surface area contributed by atoms with E-state index in [-0.39, 0.29) is 23.2 Å². The van der Waals surface area contributed by atoms with E-state index in [0.717, 1.165) is 55.7 Å². The Bertz CT molecular complexity index is 1750. The number of carbonyl (C=O) groups is 2. The summed E-state index contributed by atoms with van der Waals surface area (Å²) < 4.78 is 11.1. The maximum Gasteiger partial charge on any atom is 0.339 e. The van der Waals surface area contributed by atoms with Gasteiger partial charge in [0.05, 0.1) is 30.0 Å². The molecule has 0 atom stereocenters. The number of aromatic nitrogens is 1. The number of hydrogen-bond donors (Lipinski definition) is 0. The van der Waals surface area contributed by atoms with E-state index in [1.807, 2.05) is 41.3 Å². The number of ether oxygens (including phenoxy) is 1. The summed E-state index contributed by atoms with van der Waals surface area (Å²) in [4.78, 5) is 34.7. The summed E-state index contributed by atoms with van der Waals surface area (Å²) in [5.41, 5.74) is 5.63. The number of nitriles is 1. The molecule has 0 saturated carbocycles. The molecule has 2 aliphatic heterocycles. The highest BCUT2D eigenvalue weighted by Gasteiger charge is 2.42. The molecule has 6 rings (SSSR count). The van der Waals surface area contributed by atoms with Crippen LogP contribution in [0.3, 0.4) is 0 Å². The molecular weight excluding hydrogens is 564 g/mol. The highest BCUT2D eigenvalue weighted by Crippen LogP contribution is 2.42. The second-order valence-electron chi connectivity index (χ2n) is 11.9. The summed E-state index contributed by atoms with van der Waals surface area (Å²) in [6, 6.07) is 18.4. The van der Waals surface area contributed by atoms with Crippen LogP contribution in [0.5, 0.6) is 0 Å². The van der Waals surface area contributed by atoms with E-state index in [1.54, 1.807) is 18.2 Å². The first-order chi connectivity index (χ1) is 20.7. The number of carbonyl (C=O) groups excluding carboxylic acids is 2. The van der Waals surface area contributed by atoms with Gasteiger partial charge < -0.3 is 19.0 Å². The van der Waals surface area contributed by atoms with E-state index in [0.29, 0.717) is 45.2 Å². The first-order valence-corrected chi connectivity index (χ1v) is 15.0. The van der Waals surface area contributed by atoms with Crippen molar-refractivity contribution in [2.75, 3.05) is 38.2 Å². The molecule has 3 heterocycles. The monoisotopic (exact) mass is 596 g/mol. The molecule has 0 radical (unpaired) electrons. The second-order valence-corrected chi connectivity index (χ2v) is 12.3. The Balaban J connectivity index is 1.13. The van der Waals surface area contributed by atoms with Gasteiger partial charge in [0.1, 0.15) is 5.52 Å². The van der Waals surface area contributed by atoms with E-state index >= 15 is 0 Å². The van der Waals surface area contributed by atoms with Gasteiger partial charge >= 0.3 is 5.97 Å². The number of amides is 1. The topological polar surface area (TPSA) is 99.7 Å². The van der Waals surface area contributed by atoms with Crippen molar-refractivity contribution in [3.05, 3.63) is 81.9 Å². The molecule has 8 nitrogen and oxygen atoms in total. The molecule has 1 amide bonds. The number of benzene rings is 3. The number of fused-ring (bicyclic) bond motifs is 1. The number of halogens is 1. The molecule has 1 spiro atoms. The largest absolute Gasteiger partial charge is 0.465 e. The lowest BCUT2D eigenvalue weighted by Crippen LogP contribution is -2.42. The molecule has 220 valence electrons. The zero-order valence-corrected chi connectivity index (χ0v) is 25.3. The number of oxazole rings is 1. The van der Waals surface area contributed by atoms with E-state index in [2.05, 4.69) is 29.8 Å². The van der Waals surface area contributed by atoms with Gasteiger partial charge in [-0.25, -0.2) is 9.78 Å². The van der Waals surface area contributed by atoms with Gasteiger partial charge in [-0.15, -0.1) is 0 Å². The van der Waals surface area contributed by atoms with Crippen LogP contribution in [0.1, 0.15) is 70.9 Å². The zero-order chi connectivity index (χ0) is 30.3. The van der Waals surface area contributed by atoms with Crippen molar-refractivity contribution >= 4 is 40.3 Å². The average molecular weight is 597 g/mol. The summed E-state index contributed by atoms with van der Waals surface area (Å²) in [6.07, 6.45) is 2.80. The lowest BCUT2D eigenvalue weighted by molar-refractivity contribution is 0.0600. The zero-order valence-electron chi connectivity index (χ0n) is 24.5. The standard InChI is InChI=1S/C34H33ClN4O4/c1-21(2)27-16-22(19-36)17-28-30(27)43-31(37-28)23-4-6-24(7-5-23)32(40)39-15-12-34(20-39)10-13-38(14-11-34)29-18-25(35)8-9-26(29)33(41)42-3/h4-9,16-18,21H,10-15,20H2,1-3H3. The van der Waals surface area contributed by atoms with Crippen LogP contribution in [-0.2, 0) is 4.74 Å². The Morgan fingerprint density at radius 2 is 1.77 bits per heavy atom. The first-order valence-electron chi connectivity index (χ1n) is 14.6. The summed E-state index contributed by atoms with van der Waals surface area (Å²) >= 11 is 6.27. The predicted octanol–water partition coefficient (Wildman–Crippen LogP) is 7.06. The molecule has 2 fully saturated rings. The summed E-state index contributed by atoms with van der Waals surface area (Å²) in [5.74, 6) is 0.293. The fourth-order valence-electron chi connectivity index (χ4n) is 6.40. The minimum Gasteiger partial charge on any atom is -0.465 e. The van der Waals surface area contributed by atoms with Crippen LogP contribution >= 0.6 is 11.6 Å². The predicted molar refractivity (Wildman–Crippen MR) is 165 cm³/mol. The molecule has 3 aromatic carbocycles. The lowest BCUT2D eigenvalue weighted by Gasteiger charge is -2.40. The number of anilines is 1. The van der Waals surface area contributed by atoms with Crippen molar-refractivity contribution in [2.45, 2.75) is 39.0 Å². The number of nitrogens with zero attached hydrogens (tertiary/aromatic N) is 4. The van der Waals surface area contributed by atoms with Crippen molar-refractivity contribution in [1.29, 1.82) is 5.26 Å². The maximum atomic E-state index is 13.5. The van der Waals surface area contributed by atoms with Gasteiger partial charge in [-0.05, 0) is 85.2 Å². The third-order valence-corrected chi connectivity index (χ3v) is 9.14. The number of rotatable bonds is 5. The van der Waals surface area contributed by atoms with Gasteiger partial charge in [0.15, 0.2) is 5.58 Å². The summed E-state index contributed by atoms with van der Waals surface area (Å²) in [7, 11) is 1.38. The van der Waals surface area contributed by atoms with E-state index < -0.39 is 0 Å². The molecule has 43 heavy (non-hydrogen) atoms. The van der Waals surface area contributed by atoms with Gasteiger partial charge in [0.25, 0.3) is 5.91 Å². The average Bonchev–Trinajstić information content (AvgIpc) is 3.65. The van der Waals surface area contributed by atoms with Crippen molar-refractivity contribution in [1.82, 2.24) is 9.88 Å². The van der Waals surface area contributed by atoms with Crippen LogP contribution in [0.4, 0.5) is 5.69 Å². The van der Waals surface area contributed by atoms with E-state index in [9.17, 15) is 14.9 Å². The summed E-state index contributed by atoms with van der Waals surface area (Å²) in [6.45, 7) is 7.11. The fourth-order valence-corrected chi connectivity index (χ4v) is 6.57. The van der Waals surface area contributed by atoms with Crippen LogP contribution < -0.4 is 4.90 Å². The number of likely N-dealkylation sites (tertiary alicyclic amines) is 1. The lowest BCUT2D eigenvalue weighted by atomic mass is 9.77. The number of hydrogen-bond acceptors (Lipinski definition) is 7. The van der Waals surface area contributed by atoms with Gasteiger partial charge in [0, 0.05) is 47.9 Å². The second kappa shape index (κ2) is 11.4. The highest BCUT2D eigenvalue weighted by molar-refractivity contribution is 6.31. The third kappa shape index (κ3) is 5.46. The molecule has 2 aliphatic rings. The molecule has 0 N–H and O–H groups in total. The molecule has 0 bridgehead atoms. The Hall–Kier alpha value is -4.35.